The first-order valence-electron chi connectivity index (χ1n) is 12.6. The van der Waals surface area contributed by atoms with E-state index in [1.807, 2.05) is 27.7 Å². The van der Waals surface area contributed by atoms with Gasteiger partial charge in [-0.1, -0.05) is 76.4 Å². The van der Waals surface area contributed by atoms with Gasteiger partial charge in [0.2, 0.25) is 11.8 Å². The van der Waals surface area contributed by atoms with Crippen molar-refractivity contribution in [2.75, 3.05) is 10.8 Å². The Kier molecular flexibility index (Phi) is 10.6. The minimum absolute atomic E-state index is 0.0411. The van der Waals surface area contributed by atoms with Crippen LogP contribution < -0.4 is 9.62 Å². The molecule has 0 fully saturated rings. The molecule has 3 rings (SSSR count). The Bertz CT molecular complexity index is 1410. The van der Waals surface area contributed by atoms with Crippen LogP contribution in [0.3, 0.4) is 0 Å². The number of sulfonamides is 1. The highest BCUT2D eigenvalue weighted by Crippen LogP contribution is 2.28. The van der Waals surface area contributed by atoms with Gasteiger partial charge < -0.3 is 10.2 Å². The molecule has 0 heterocycles. The number of anilines is 1. The average molecular weight is 635 g/mol. The van der Waals surface area contributed by atoms with Gasteiger partial charge in [0.25, 0.3) is 10.0 Å². The quantitative estimate of drug-likeness (QED) is 0.283. The Morgan fingerprint density at radius 2 is 1.67 bits per heavy atom. The molecule has 1 unspecified atom stereocenters. The first-order valence-corrected chi connectivity index (χ1v) is 15.2. The summed E-state index contributed by atoms with van der Waals surface area (Å²) in [5.74, 6) is -0.848. The Balaban J connectivity index is 2.08. The summed E-state index contributed by atoms with van der Waals surface area (Å²) in [4.78, 5) is 28.7. The van der Waals surface area contributed by atoms with Gasteiger partial charge in [0.1, 0.15) is 12.6 Å². The SMILES string of the molecule is CCC(C(=O)NC(C)C)N(Cc1ccccc1Cl)C(=O)CN(c1cccc(Br)c1)S(=O)(=O)c1ccc(C)cc1. The van der Waals surface area contributed by atoms with Crippen molar-refractivity contribution in [2.24, 2.45) is 0 Å². The number of rotatable bonds is 11. The Morgan fingerprint density at radius 1 is 1.00 bits per heavy atom. The van der Waals surface area contributed by atoms with Crippen molar-refractivity contribution in [2.45, 2.75) is 57.6 Å². The average Bonchev–Trinajstić information content (AvgIpc) is 2.87. The Hall–Kier alpha value is -2.88. The normalized spacial score (nSPS) is 12.2. The van der Waals surface area contributed by atoms with Gasteiger partial charge in [-0.15, -0.1) is 0 Å². The van der Waals surface area contributed by atoms with Gasteiger partial charge in [-0.2, -0.15) is 0 Å². The predicted octanol–water partition coefficient (Wildman–Crippen LogP) is 5.94. The second-order valence-electron chi connectivity index (χ2n) is 9.50. The maximum atomic E-state index is 14.0. The molecule has 0 aliphatic rings. The number of hydrogen-bond acceptors (Lipinski definition) is 4. The molecule has 1 N–H and O–H groups in total. The van der Waals surface area contributed by atoms with E-state index < -0.39 is 28.5 Å². The molecule has 10 heteroatoms. The van der Waals surface area contributed by atoms with E-state index in [9.17, 15) is 18.0 Å². The summed E-state index contributed by atoms with van der Waals surface area (Å²) in [6.45, 7) is 6.89. The standard InChI is InChI=1S/C29H33BrClN3O4S/c1-5-27(29(36)32-20(2)3)33(18-22-9-6-7-12-26(22)31)28(35)19-34(24-11-8-10-23(30)17-24)39(37,38)25-15-13-21(4)14-16-25/h6-17,20,27H,5,18-19H2,1-4H3,(H,32,36). The molecule has 7 nitrogen and oxygen atoms in total. The van der Waals surface area contributed by atoms with Gasteiger partial charge in [0.15, 0.2) is 0 Å². The van der Waals surface area contributed by atoms with Crippen LogP contribution in [0.25, 0.3) is 0 Å². The van der Waals surface area contributed by atoms with Crippen LogP contribution in [0.1, 0.15) is 38.3 Å². The van der Waals surface area contributed by atoms with Crippen molar-refractivity contribution in [3.8, 4) is 0 Å². The number of carbonyl (C=O) groups is 2. The third kappa shape index (κ3) is 7.84. The van der Waals surface area contributed by atoms with Crippen LogP contribution in [0.15, 0.2) is 82.2 Å². The molecule has 0 spiro atoms. The fourth-order valence-electron chi connectivity index (χ4n) is 4.11. The molecular weight excluding hydrogens is 602 g/mol. The molecule has 0 saturated heterocycles. The third-order valence-electron chi connectivity index (χ3n) is 6.10. The molecule has 1 atom stereocenters. The number of hydrogen-bond donors (Lipinski definition) is 1. The first kappa shape index (κ1) is 30.7. The number of nitrogens with one attached hydrogen (secondary N) is 1. The van der Waals surface area contributed by atoms with Crippen LogP contribution in [0.5, 0.6) is 0 Å². The number of aryl methyl sites for hydroxylation is 1. The number of benzene rings is 3. The zero-order valence-corrected chi connectivity index (χ0v) is 25.6. The smallest absolute Gasteiger partial charge is 0.264 e. The van der Waals surface area contributed by atoms with E-state index in [2.05, 4.69) is 21.2 Å². The number of halogens is 2. The van der Waals surface area contributed by atoms with Crippen molar-refractivity contribution >= 4 is 55.1 Å². The van der Waals surface area contributed by atoms with Crippen molar-refractivity contribution in [1.82, 2.24) is 10.2 Å². The molecule has 3 aromatic rings. The molecular formula is C29H33BrClN3O4S. The van der Waals surface area contributed by atoms with E-state index in [0.717, 1.165) is 9.87 Å². The van der Waals surface area contributed by atoms with Crippen molar-refractivity contribution in [3.05, 3.63) is 93.4 Å². The zero-order valence-electron chi connectivity index (χ0n) is 22.4. The monoisotopic (exact) mass is 633 g/mol. The lowest BCUT2D eigenvalue weighted by Gasteiger charge is -2.33. The highest BCUT2D eigenvalue weighted by molar-refractivity contribution is 9.10. The van der Waals surface area contributed by atoms with Crippen LogP contribution in [-0.4, -0.2) is 43.8 Å². The van der Waals surface area contributed by atoms with Gasteiger partial charge in [-0.25, -0.2) is 8.42 Å². The molecule has 39 heavy (non-hydrogen) atoms. The molecule has 0 aromatic heterocycles. The van der Waals surface area contributed by atoms with Crippen molar-refractivity contribution < 1.29 is 18.0 Å². The van der Waals surface area contributed by atoms with Gasteiger partial charge in [0.05, 0.1) is 10.6 Å². The van der Waals surface area contributed by atoms with Crippen molar-refractivity contribution in [1.29, 1.82) is 0 Å². The molecule has 0 radical (unpaired) electrons. The van der Waals surface area contributed by atoms with Gasteiger partial charge in [-0.05, 0) is 69.2 Å². The second-order valence-corrected chi connectivity index (χ2v) is 12.7. The summed E-state index contributed by atoms with van der Waals surface area (Å²) in [5, 5.41) is 3.33. The van der Waals surface area contributed by atoms with Crippen LogP contribution >= 0.6 is 27.5 Å². The Labute approximate surface area is 244 Å². The van der Waals surface area contributed by atoms with E-state index >= 15 is 0 Å². The largest absolute Gasteiger partial charge is 0.352 e. The molecule has 0 saturated carbocycles. The predicted molar refractivity (Wildman–Crippen MR) is 159 cm³/mol. The fourth-order valence-corrected chi connectivity index (χ4v) is 6.10. The minimum atomic E-state index is -4.13. The molecule has 0 bridgehead atoms. The van der Waals surface area contributed by atoms with Crippen molar-refractivity contribution in [3.63, 3.8) is 0 Å². The fraction of sp³-hybridized carbons (Fsp3) is 0.310. The first-order chi connectivity index (χ1) is 18.4. The molecule has 208 valence electrons. The summed E-state index contributed by atoms with van der Waals surface area (Å²) in [6, 6.07) is 19.3. The van der Waals surface area contributed by atoms with E-state index in [-0.39, 0.29) is 23.4 Å². The number of carbonyl (C=O) groups excluding carboxylic acids is 2. The summed E-state index contributed by atoms with van der Waals surface area (Å²) in [5.41, 5.74) is 1.88. The van der Waals surface area contributed by atoms with Crippen LogP contribution in [0.4, 0.5) is 5.69 Å². The maximum absolute atomic E-state index is 14.0. The van der Waals surface area contributed by atoms with Gasteiger partial charge in [0, 0.05) is 22.1 Å². The maximum Gasteiger partial charge on any atom is 0.264 e. The third-order valence-corrected chi connectivity index (χ3v) is 8.75. The summed E-state index contributed by atoms with van der Waals surface area (Å²) in [7, 11) is -4.13. The van der Waals surface area contributed by atoms with E-state index in [4.69, 9.17) is 11.6 Å². The lowest BCUT2D eigenvalue weighted by Crippen LogP contribution is -2.53. The second kappa shape index (κ2) is 13.5. The van der Waals surface area contributed by atoms with Crippen LogP contribution in [-0.2, 0) is 26.2 Å². The highest BCUT2D eigenvalue weighted by atomic mass is 79.9. The van der Waals surface area contributed by atoms with Crippen LogP contribution in [0, 0.1) is 6.92 Å². The minimum Gasteiger partial charge on any atom is -0.352 e. The lowest BCUT2D eigenvalue weighted by atomic mass is 10.1. The topological polar surface area (TPSA) is 86.8 Å². The van der Waals surface area contributed by atoms with E-state index in [1.54, 1.807) is 60.7 Å². The van der Waals surface area contributed by atoms with Gasteiger partial charge >= 0.3 is 0 Å². The van der Waals surface area contributed by atoms with Crippen LogP contribution in [0.2, 0.25) is 5.02 Å². The molecule has 0 aliphatic carbocycles. The Morgan fingerprint density at radius 3 is 2.26 bits per heavy atom. The zero-order chi connectivity index (χ0) is 28.7. The van der Waals surface area contributed by atoms with E-state index in [0.29, 0.717) is 27.2 Å². The van der Waals surface area contributed by atoms with Gasteiger partial charge in [-0.3, -0.25) is 13.9 Å². The lowest BCUT2D eigenvalue weighted by molar-refractivity contribution is -0.140. The highest BCUT2D eigenvalue weighted by Gasteiger charge is 2.34. The molecule has 3 aromatic carbocycles. The number of nitrogens with zero attached hydrogens (tertiary/aromatic N) is 2. The summed E-state index contributed by atoms with van der Waals surface area (Å²) < 4.78 is 29.5. The van der Waals surface area contributed by atoms with E-state index in [1.165, 1.54) is 17.0 Å². The molecule has 2 amide bonds. The number of amides is 2. The summed E-state index contributed by atoms with van der Waals surface area (Å²) >= 11 is 9.82. The summed E-state index contributed by atoms with van der Waals surface area (Å²) in [6.07, 6.45) is 0.330. The molecule has 0 aliphatic heterocycles.